The van der Waals surface area contributed by atoms with Crippen LogP contribution in [0.3, 0.4) is 0 Å². The topological polar surface area (TPSA) is 29.1 Å². The van der Waals surface area contributed by atoms with Crippen LogP contribution in [0.1, 0.15) is 21.5 Å². The van der Waals surface area contributed by atoms with Crippen molar-refractivity contribution < 1.29 is 22.4 Å². The van der Waals surface area contributed by atoms with Crippen LogP contribution >= 0.6 is 11.6 Å². The van der Waals surface area contributed by atoms with Crippen molar-refractivity contribution in [2.45, 2.75) is 12.7 Å². The Morgan fingerprint density at radius 3 is 2.45 bits per heavy atom. The molecule has 2 nitrogen and oxygen atoms in total. The number of rotatable bonds is 3. The Morgan fingerprint density at radius 2 is 1.82 bits per heavy atom. The van der Waals surface area contributed by atoms with Gasteiger partial charge in [0.05, 0.1) is 16.1 Å². The lowest BCUT2D eigenvalue weighted by Gasteiger charge is -2.14. The minimum atomic E-state index is -4.70. The summed E-state index contributed by atoms with van der Waals surface area (Å²) >= 11 is 5.84. The van der Waals surface area contributed by atoms with E-state index in [4.69, 9.17) is 11.6 Å². The number of carbonyl (C=O) groups excluding carboxylic acids is 1. The van der Waals surface area contributed by atoms with Crippen LogP contribution in [-0.2, 0) is 12.7 Å². The standard InChI is InChI=1S/C15H10ClF4NO/c16-13-4-2-1-3-11(13)14(22)21-8-9-5-6-10(17)7-12(9)15(18,19)20/h1-7H,8H2,(H,21,22). The zero-order chi connectivity index (χ0) is 16.3. The molecule has 0 aliphatic carbocycles. The first-order chi connectivity index (χ1) is 10.3. The third kappa shape index (κ3) is 3.76. The highest BCUT2D eigenvalue weighted by molar-refractivity contribution is 6.33. The molecule has 2 aromatic carbocycles. The molecule has 22 heavy (non-hydrogen) atoms. The van der Waals surface area contributed by atoms with E-state index in [1.807, 2.05) is 0 Å². The molecule has 0 aliphatic rings. The quantitative estimate of drug-likeness (QED) is 0.828. The van der Waals surface area contributed by atoms with Crippen molar-refractivity contribution in [1.29, 1.82) is 0 Å². The van der Waals surface area contributed by atoms with Gasteiger partial charge in [-0.25, -0.2) is 4.39 Å². The van der Waals surface area contributed by atoms with Crippen molar-refractivity contribution in [2.24, 2.45) is 0 Å². The van der Waals surface area contributed by atoms with Crippen LogP contribution in [0.2, 0.25) is 5.02 Å². The maximum absolute atomic E-state index is 13.0. The highest BCUT2D eigenvalue weighted by atomic mass is 35.5. The van der Waals surface area contributed by atoms with Gasteiger partial charge >= 0.3 is 6.18 Å². The monoisotopic (exact) mass is 331 g/mol. The molecule has 0 radical (unpaired) electrons. The lowest BCUT2D eigenvalue weighted by Crippen LogP contribution is -2.24. The molecule has 0 spiro atoms. The normalized spacial score (nSPS) is 11.3. The third-order valence-electron chi connectivity index (χ3n) is 2.94. The maximum Gasteiger partial charge on any atom is 0.416 e. The zero-order valence-electron chi connectivity index (χ0n) is 11.0. The molecule has 0 aromatic heterocycles. The molecular formula is C15H10ClF4NO. The SMILES string of the molecule is O=C(NCc1ccc(F)cc1C(F)(F)F)c1ccccc1Cl. The van der Waals surface area contributed by atoms with E-state index >= 15 is 0 Å². The zero-order valence-corrected chi connectivity index (χ0v) is 11.8. The summed E-state index contributed by atoms with van der Waals surface area (Å²) in [5, 5.41) is 2.53. The second-order valence-corrected chi connectivity index (χ2v) is 4.87. The molecule has 0 unspecified atom stereocenters. The van der Waals surface area contributed by atoms with Crippen molar-refractivity contribution in [3.63, 3.8) is 0 Å². The summed E-state index contributed by atoms with van der Waals surface area (Å²) in [5.74, 6) is -1.60. The van der Waals surface area contributed by atoms with Crippen molar-refractivity contribution in [3.8, 4) is 0 Å². The van der Waals surface area contributed by atoms with Gasteiger partial charge in [0.2, 0.25) is 0 Å². The molecule has 0 aliphatic heterocycles. The molecule has 0 heterocycles. The first-order valence-electron chi connectivity index (χ1n) is 6.17. The Morgan fingerprint density at radius 1 is 1.14 bits per heavy atom. The minimum Gasteiger partial charge on any atom is -0.348 e. The van der Waals surface area contributed by atoms with Crippen LogP contribution in [0.4, 0.5) is 17.6 Å². The summed E-state index contributed by atoms with van der Waals surface area (Å²) in [6.07, 6.45) is -4.70. The van der Waals surface area contributed by atoms with Crippen molar-refractivity contribution >= 4 is 17.5 Å². The number of hydrogen-bond acceptors (Lipinski definition) is 1. The Balaban J connectivity index is 2.19. The van der Waals surface area contributed by atoms with E-state index in [0.29, 0.717) is 6.07 Å². The second-order valence-electron chi connectivity index (χ2n) is 4.46. The highest BCUT2D eigenvalue weighted by Gasteiger charge is 2.33. The van der Waals surface area contributed by atoms with Crippen molar-refractivity contribution in [2.75, 3.05) is 0 Å². The molecule has 1 N–H and O–H groups in total. The number of carbonyl (C=O) groups is 1. The second kappa shape index (κ2) is 6.36. The summed E-state index contributed by atoms with van der Waals surface area (Å²) in [6.45, 7) is -0.390. The lowest BCUT2D eigenvalue weighted by atomic mass is 10.1. The Hall–Kier alpha value is -2.08. The van der Waals surface area contributed by atoms with E-state index in [-0.39, 0.29) is 22.7 Å². The minimum absolute atomic E-state index is 0.153. The first-order valence-corrected chi connectivity index (χ1v) is 6.55. The Kier molecular flexibility index (Phi) is 4.71. The number of nitrogens with one attached hydrogen (secondary N) is 1. The average molecular weight is 332 g/mol. The van der Waals surface area contributed by atoms with Gasteiger partial charge in [0.1, 0.15) is 5.82 Å². The van der Waals surface area contributed by atoms with Gasteiger partial charge in [0, 0.05) is 6.54 Å². The largest absolute Gasteiger partial charge is 0.416 e. The smallest absolute Gasteiger partial charge is 0.348 e. The first kappa shape index (κ1) is 16.3. The van der Waals surface area contributed by atoms with E-state index in [1.165, 1.54) is 12.1 Å². The van der Waals surface area contributed by atoms with Gasteiger partial charge in [-0.3, -0.25) is 4.79 Å². The number of halogens is 5. The van der Waals surface area contributed by atoms with E-state index < -0.39 is 23.5 Å². The van der Waals surface area contributed by atoms with Crippen LogP contribution in [-0.4, -0.2) is 5.91 Å². The van der Waals surface area contributed by atoms with Gasteiger partial charge < -0.3 is 5.32 Å². The van der Waals surface area contributed by atoms with Crippen molar-refractivity contribution in [3.05, 3.63) is 70.0 Å². The van der Waals surface area contributed by atoms with Gasteiger partial charge in [0.25, 0.3) is 5.91 Å². The lowest BCUT2D eigenvalue weighted by molar-refractivity contribution is -0.138. The predicted molar refractivity (Wildman–Crippen MR) is 74.0 cm³/mol. The fourth-order valence-corrected chi connectivity index (χ4v) is 2.10. The molecule has 0 saturated carbocycles. The summed E-state index contributed by atoms with van der Waals surface area (Å²) in [4.78, 5) is 11.9. The maximum atomic E-state index is 13.0. The van der Waals surface area contributed by atoms with Gasteiger partial charge in [-0.2, -0.15) is 13.2 Å². The van der Waals surface area contributed by atoms with Crippen molar-refractivity contribution in [1.82, 2.24) is 5.32 Å². The number of benzene rings is 2. The molecule has 1 amide bonds. The molecule has 116 valence electrons. The number of amides is 1. The third-order valence-corrected chi connectivity index (χ3v) is 3.26. The van der Waals surface area contributed by atoms with E-state index in [0.717, 1.165) is 12.1 Å². The van der Waals surface area contributed by atoms with Crippen LogP contribution in [0.15, 0.2) is 42.5 Å². The summed E-state index contributed by atoms with van der Waals surface area (Å²) in [7, 11) is 0. The Labute approximate surface area is 128 Å². The predicted octanol–water partition coefficient (Wildman–Crippen LogP) is 4.43. The van der Waals surface area contributed by atoms with Crippen LogP contribution in [0.25, 0.3) is 0 Å². The summed E-state index contributed by atoms with van der Waals surface area (Å²) < 4.78 is 51.5. The highest BCUT2D eigenvalue weighted by Crippen LogP contribution is 2.32. The Bertz CT molecular complexity index is 700. The molecule has 2 rings (SSSR count). The molecular weight excluding hydrogens is 322 g/mol. The summed E-state index contributed by atoms with van der Waals surface area (Å²) in [6, 6.07) is 8.46. The van der Waals surface area contributed by atoms with Gasteiger partial charge in [-0.15, -0.1) is 0 Å². The van der Waals surface area contributed by atoms with Crippen LogP contribution in [0, 0.1) is 5.82 Å². The molecule has 0 saturated heterocycles. The molecule has 2 aromatic rings. The van der Waals surface area contributed by atoms with Gasteiger partial charge in [-0.1, -0.05) is 29.8 Å². The molecule has 7 heteroatoms. The van der Waals surface area contributed by atoms with Crippen LogP contribution in [0.5, 0.6) is 0 Å². The van der Waals surface area contributed by atoms with E-state index in [2.05, 4.69) is 5.32 Å². The number of alkyl halides is 3. The van der Waals surface area contributed by atoms with E-state index in [9.17, 15) is 22.4 Å². The van der Waals surface area contributed by atoms with E-state index in [1.54, 1.807) is 12.1 Å². The summed E-state index contributed by atoms with van der Waals surface area (Å²) in [5.41, 5.74) is -1.19. The molecule has 0 bridgehead atoms. The molecule has 0 atom stereocenters. The van der Waals surface area contributed by atoms with Crippen LogP contribution < -0.4 is 5.32 Å². The van der Waals surface area contributed by atoms with Gasteiger partial charge in [0.15, 0.2) is 0 Å². The average Bonchev–Trinajstić information content (AvgIpc) is 2.45. The molecule has 0 fully saturated rings. The fourth-order valence-electron chi connectivity index (χ4n) is 1.88. The van der Waals surface area contributed by atoms with Gasteiger partial charge in [-0.05, 0) is 29.8 Å². The number of hydrogen-bond donors (Lipinski definition) is 1. The fraction of sp³-hybridized carbons (Fsp3) is 0.133.